The topological polar surface area (TPSA) is 60.4 Å². The molecule has 0 aromatic carbocycles. The molecule has 0 saturated heterocycles. The molecule has 0 aromatic rings. The number of rotatable bonds is 7. The number of unbranched alkanes of at least 4 members (excludes halogenated alkanes) is 1. The van der Waals surface area contributed by atoms with Crippen LogP contribution < -0.4 is 0 Å². The van der Waals surface area contributed by atoms with Gasteiger partial charge in [-0.1, -0.05) is 0 Å². The minimum Gasteiger partial charge on any atom is -0.459 e. The predicted octanol–water partition coefficient (Wildman–Crippen LogP) is 2.53. The fourth-order valence-electron chi connectivity index (χ4n) is 1.11. The fourth-order valence-corrected chi connectivity index (χ4v) is 1.76. The lowest BCUT2D eigenvalue weighted by molar-refractivity contribution is -0.200. The summed E-state index contributed by atoms with van der Waals surface area (Å²) < 4.78 is 112. The van der Waals surface area contributed by atoms with Crippen LogP contribution in [0.25, 0.3) is 0 Å². The van der Waals surface area contributed by atoms with E-state index in [0.29, 0.717) is 0 Å². The van der Waals surface area contributed by atoms with Crippen LogP contribution in [0.4, 0.5) is 30.7 Å². The van der Waals surface area contributed by atoms with Gasteiger partial charge in [0.1, 0.15) is 0 Å². The average molecular weight is 348 g/mol. The minimum atomic E-state index is -5.35. The van der Waals surface area contributed by atoms with E-state index in [0.717, 1.165) is 0 Å². The molecule has 4 nitrogen and oxygen atoms in total. The summed E-state index contributed by atoms with van der Waals surface area (Å²) in [6.07, 6.45) is -8.21. The fraction of sp³-hybridized carbons (Fsp3) is 0.889. The van der Waals surface area contributed by atoms with Crippen molar-refractivity contribution in [1.82, 2.24) is 0 Å². The molecule has 0 saturated carbocycles. The molecule has 21 heavy (non-hydrogen) atoms. The second-order valence-electron chi connectivity index (χ2n) is 4.08. The molecule has 0 fully saturated rings. The molecule has 0 aliphatic heterocycles. The monoisotopic (exact) mass is 348 g/mol. The van der Waals surface area contributed by atoms with E-state index >= 15 is 0 Å². The lowest BCUT2D eigenvalue weighted by atomic mass is 10.1. The zero-order chi connectivity index (χ0) is 17.1. The van der Waals surface area contributed by atoms with Crippen molar-refractivity contribution in [2.24, 2.45) is 0 Å². The standard InChI is InChI=1S/C9H11F7O4S/c1-21(18,19)9(15,16)7(10,11)4-2-3-5-20-6(17)8(12,13)14/h2-5H2,1H3. The summed E-state index contributed by atoms with van der Waals surface area (Å²) in [5, 5.41) is -5.29. The largest absolute Gasteiger partial charge is 0.490 e. The maximum atomic E-state index is 13.1. The first-order chi connectivity index (χ1) is 9.13. The van der Waals surface area contributed by atoms with Gasteiger partial charge in [-0.15, -0.1) is 0 Å². The van der Waals surface area contributed by atoms with Gasteiger partial charge in [-0.3, -0.25) is 0 Å². The third kappa shape index (κ3) is 5.32. The normalized spacial score (nSPS) is 14.1. The third-order valence-electron chi connectivity index (χ3n) is 2.24. The van der Waals surface area contributed by atoms with Gasteiger partial charge in [-0.25, -0.2) is 13.2 Å². The number of sulfone groups is 1. The van der Waals surface area contributed by atoms with Gasteiger partial charge in [0.25, 0.3) is 0 Å². The Hall–Kier alpha value is -1.07. The maximum Gasteiger partial charge on any atom is 0.490 e. The molecule has 0 spiro atoms. The summed E-state index contributed by atoms with van der Waals surface area (Å²) in [7, 11) is -5.35. The second kappa shape index (κ2) is 6.36. The molecule has 126 valence electrons. The Morgan fingerprint density at radius 1 is 1.00 bits per heavy atom. The summed E-state index contributed by atoms with van der Waals surface area (Å²) in [5.41, 5.74) is 0. The van der Waals surface area contributed by atoms with E-state index < -0.39 is 59.0 Å². The van der Waals surface area contributed by atoms with Crippen LogP contribution in [0.15, 0.2) is 0 Å². The first-order valence-electron chi connectivity index (χ1n) is 5.32. The number of hydrogen-bond acceptors (Lipinski definition) is 4. The molecule has 0 radical (unpaired) electrons. The van der Waals surface area contributed by atoms with Gasteiger partial charge in [0, 0.05) is 12.7 Å². The van der Waals surface area contributed by atoms with Crippen molar-refractivity contribution in [2.75, 3.05) is 12.9 Å². The lowest BCUT2D eigenvalue weighted by Crippen LogP contribution is -2.46. The molecule has 0 aliphatic carbocycles. The minimum absolute atomic E-state index is 0.0635. The second-order valence-corrected chi connectivity index (χ2v) is 6.14. The molecule has 0 bridgehead atoms. The van der Waals surface area contributed by atoms with Gasteiger partial charge in [0.2, 0.25) is 9.84 Å². The van der Waals surface area contributed by atoms with Crippen LogP contribution in [0.3, 0.4) is 0 Å². The Labute approximate surface area is 115 Å². The molecule has 0 rings (SSSR count). The van der Waals surface area contributed by atoms with E-state index in [4.69, 9.17) is 0 Å². The van der Waals surface area contributed by atoms with E-state index in [1.165, 1.54) is 0 Å². The first-order valence-corrected chi connectivity index (χ1v) is 7.21. The first kappa shape index (κ1) is 19.9. The van der Waals surface area contributed by atoms with Crippen molar-refractivity contribution in [3.8, 4) is 0 Å². The molecular weight excluding hydrogens is 337 g/mol. The highest BCUT2D eigenvalue weighted by molar-refractivity contribution is 7.91. The Morgan fingerprint density at radius 2 is 1.48 bits per heavy atom. The Bertz CT molecular complexity index is 469. The molecular formula is C9H11F7O4S. The highest BCUT2D eigenvalue weighted by Gasteiger charge is 2.62. The number of esters is 1. The van der Waals surface area contributed by atoms with Gasteiger partial charge in [-0.05, 0) is 12.8 Å². The van der Waals surface area contributed by atoms with Crippen LogP contribution in [0, 0.1) is 0 Å². The lowest BCUT2D eigenvalue weighted by Gasteiger charge is -2.24. The van der Waals surface area contributed by atoms with Crippen molar-refractivity contribution in [1.29, 1.82) is 0 Å². The average Bonchev–Trinajstić information content (AvgIpc) is 2.24. The molecule has 0 heterocycles. The van der Waals surface area contributed by atoms with Gasteiger partial charge >= 0.3 is 23.3 Å². The van der Waals surface area contributed by atoms with E-state index in [-0.39, 0.29) is 6.26 Å². The molecule has 0 aliphatic rings. The highest BCUT2D eigenvalue weighted by Crippen LogP contribution is 2.41. The van der Waals surface area contributed by atoms with E-state index in [1.807, 2.05) is 0 Å². The van der Waals surface area contributed by atoms with Gasteiger partial charge in [-0.2, -0.15) is 30.7 Å². The Kier molecular flexibility index (Phi) is 6.04. The summed E-state index contributed by atoms with van der Waals surface area (Å²) in [6, 6.07) is 0. The summed E-state index contributed by atoms with van der Waals surface area (Å²) in [5.74, 6) is -7.41. The van der Waals surface area contributed by atoms with Crippen LogP contribution in [0.5, 0.6) is 0 Å². The Balaban J connectivity index is 4.34. The molecule has 0 atom stereocenters. The van der Waals surface area contributed by atoms with Crippen molar-refractivity contribution in [2.45, 2.75) is 36.6 Å². The van der Waals surface area contributed by atoms with E-state index in [9.17, 15) is 43.9 Å². The third-order valence-corrected chi connectivity index (χ3v) is 3.47. The van der Waals surface area contributed by atoms with Crippen molar-refractivity contribution in [3.63, 3.8) is 0 Å². The van der Waals surface area contributed by atoms with E-state index in [1.54, 1.807) is 0 Å². The SMILES string of the molecule is CS(=O)(=O)C(F)(F)C(F)(F)CCCCOC(=O)C(F)(F)F. The highest BCUT2D eigenvalue weighted by atomic mass is 32.2. The number of halogens is 7. The number of hydrogen-bond donors (Lipinski definition) is 0. The van der Waals surface area contributed by atoms with Crippen LogP contribution in [-0.2, 0) is 19.4 Å². The number of carbonyl (C=O) groups excluding carboxylic acids is 1. The number of alkyl halides is 7. The summed E-state index contributed by atoms with van der Waals surface area (Å²) in [4.78, 5) is 10.2. The quantitative estimate of drug-likeness (QED) is 0.403. The number of ether oxygens (including phenoxy) is 1. The molecule has 0 amide bonds. The van der Waals surface area contributed by atoms with Gasteiger partial charge in [0.15, 0.2) is 0 Å². The zero-order valence-electron chi connectivity index (χ0n) is 10.5. The molecule has 12 heteroatoms. The van der Waals surface area contributed by atoms with Gasteiger partial charge < -0.3 is 4.74 Å². The van der Waals surface area contributed by atoms with Crippen molar-refractivity contribution < 1.29 is 48.7 Å². The van der Waals surface area contributed by atoms with Crippen LogP contribution in [0.1, 0.15) is 19.3 Å². The predicted molar refractivity (Wildman–Crippen MR) is 55.6 cm³/mol. The van der Waals surface area contributed by atoms with Gasteiger partial charge in [0.05, 0.1) is 6.61 Å². The maximum absolute atomic E-state index is 13.1. The zero-order valence-corrected chi connectivity index (χ0v) is 11.3. The molecule has 0 aromatic heterocycles. The smallest absolute Gasteiger partial charge is 0.459 e. The van der Waals surface area contributed by atoms with Crippen LogP contribution in [-0.4, -0.2) is 44.6 Å². The Morgan fingerprint density at radius 3 is 1.86 bits per heavy atom. The summed E-state index contributed by atoms with van der Waals surface area (Å²) >= 11 is 0. The van der Waals surface area contributed by atoms with E-state index in [2.05, 4.69) is 4.74 Å². The summed E-state index contributed by atoms with van der Waals surface area (Å²) in [6.45, 7) is -0.904. The van der Waals surface area contributed by atoms with Crippen molar-refractivity contribution in [3.05, 3.63) is 0 Å². The van der Waals surface area contributed by atoms with Crippen LogP contribution in [0.2, 0.25) is 0 Å². The van der Waals surface area contributed by atoms with Crippen LogP contribution >= 0.6 is 0 Å². The van der Waals surface area contributed by atoms with Crippen molar-refractivity contribution >= 4 is 15.8 Å². The molecule has 0 N–H and O–H groups in total. The number of carbonyl (C=O) groups is 1. The molecule has 0 unspecified atom stereocenters.